The summed E-state index contributed by atoms with van der Waals surface area (Å²) in [5.74, 6) is 0.901. The first-order valence-electron chi connectivity index (χ1n) is 11.4. The van der Waals surface area contributed by atoms with Gasteiger partial charge in [0, 0.05) is 55.3 Å². The zero-order valence-corrected chi connectivity index (χ0v) is 19.1. The highest BCUT2D eigenvalue weighted by atomic mass is 16.5. The van der Waals surface area contributed by atoms with Crippen LogP contribution in [-0.4, -0.2) is 79.2 Å². The predicted octanol–water partition coefficient (Wildman–Crippen LogP) is 2.95. The second-order valence-electron chi connectivity index (χ2n) is 8.55. The number of piperazine rings is 1. The average Bonchev–Trinajstić information content (AvgIpc) is 3.14. The highest BCUT2D eigenvalue weighted by molar-refractivity contribution is 6.10. The fraction of sp³-hybridized carbons (Fsp3) is 0.400. The fourth-order valence-electron chi connectivity index (χ4n) is 4.44. The Morgan fingerprint density at radius 1 is 1.00 bits per heavy atom. The Morgan fingerprint density at radius 2 is 1.79 bits per heavy atom. The summed E-state index contributed by atoms with van der Waals surface area (Å²) in [6.07, 6.45) is 0.408. The molecule has 4 heterocycles. The summed E-state index contributed by atoms with van der Waals surface area (Å²) in [6, 6.07) is 15.1. The van der Waals surface area contributed by atoms with Crippen molar-refractivity contribution in [3.05, 3.63) is 59.7 Å². The quantitative estimate of drug-likeness (QED) is 0.516. The van der Waals surface area contributed by atoms with Crippen LogP contribution in [0.2, 0.25) is 0 Å². The number of methoxy groups -OCH3 is 1. The van der Waals surface area contributed by atoms with Crippen LogP contribution in [0.4, 0.5) is 5.82 Å². The molecule has 8 nitrogen and oxygen atoms in total. The van der Waals surface area contributed by atoms with E-state index in [2.05, 4.69) is 26.8 Å². The van der Waals surface area contributed by atoms with Gasteiger partial charge < -0.3 is 19.3 Å². The van der Waals surface area contributed by atoms with Gasteiger partial charge in [0.25, 0.3) is 5.91 Å². The summed E-state index contributed by atoms with van der Waals surface area (Å²) in [5, 5.41) is 0.883. The van der Waals surface area contributed by atoms with E-state index in [1.807, 2.05) is 42.5 Å². The number of anilines is 1. The minimum absolute atomic E-state index is 0.107. The molecule has 2 aliphatic heterocycles. The molecule has 2 aromatic heterocycles. The number of hydrogen-bond acceptors (Lipinski definition) is 7. The maximum atomic E-state index is 13.3. The number of ether oxygens (including phenoxy) is 2. The molecule has 0 N–H and O–H groups in total. The third-order valence-corrected chi connectivity index (χ3v) is 6.37. The summed E-state index contributed by atoms with van der Waals surface area (Å²) < 4.78 is 11.6. The number of aromatic nitrogens is 2. The molecule has 8 heteroatoms. The van der Waals surface area contributed by atoms with Gasteiger partial charge in [-0.3, -0.25) is 9.69 Å². The van der Waals surface area contributed by atoms with Gasteiger partial charge >= 0.3 is 0 Å². The smallest absolute Gasteiger partial charge is 0.262 e. The molecule has 2 aliphatic rings. The summed E-state index contributed by atoms with van der Waals surface area (Å²) in [4.78, 5) is 28.9. The first-order chi connectivity index (χ1) is 16.1. The molecule has 33 heavy (non-hydrogen) atoms. The van der Waals surface area contributed by atoms with Crippen molar-refractivity contribution >= 4 is 22.8 Å². The zero-order chi connectivity index (χ0) is 22.8. The van der Waals surface area contributed by atoms with E-state index >= 15 is 0 Å². The van der Waals surface area contributed by atoms with E-state index in [9.17, 15) is 4.79 Å². The van der Waals surface area contributed by atoms with Crippen molar-refractivity contribution in [3.8, 4) is 5.88 Å². The van der Waals surface area contributed by atoms with Crippen molar-refractivity contribution in [2.75, 3.05) is 58.4 Å². The molecule has 1 atom stereocenters. The Morgan fingerprint density at radius 3 is 2.61 bits per heavy atom. The van der Waals surface area contributed by atoms with Gasteiger partial charge in [-0.25, -0.2) is 4.98 Å². The van der Waals surface area contributed by atoms with E-state index in [0.717, 1.165) is 50.1 Å². The summed E-state index contributed by atoms with van der Waals surface area (Å²) in [6.45, 7) is 5.94. The molecule has 1 aromatic carbocycles. The van der Waals surface area contributed by atoms with Gasteiger partial charge in [0.2, 0.25) is 5.88 Å². The second-order valence-corrected chi connectivity index (χ2v) is 8.55. The van der Waals surface area contributed by atoms with Crippen LogP contribution in [0.1, 0.15) is 28.6 Å². The molecule has 0 saturated carbocycles. The summed E-state index contributed by atoms with van der Waals surface area (Å²) in [7, 11) is 3.74. The minimum atomic E-state index is -0.503. The van der Waals surface area contributed by atoms with Crippen LogP contribution >= 0.6 is 0 Å². The molecule has 5 rings (SSSR count). The topological polar surface area (TPSA) is 71.0 Å². The minimum Gasteiger partial charge on any atom is -0.481 e. The molecule has 0 spiro atoms. The van der Waals surface area contributed by atoms with Crippen molar-refractivity contribution in [2.24, 2.45) is 0 Å². The number of amides is 1. The molecule has 172 valence electrons. The van der Waals surface area contributed by atoms with Gasteiger partial charge in [-0.15, -0.1) is 0 Å². The number of carbonyl (C=O) groups is 1. The molecule has 0 aliphatic carbocycles. The van der Waals surface area contributed by atoms with Crippen molar-refractivity contribution < 1.29 is 14.3 Å². The van der Waals surface area contributed by atoms with Gasteiger partial charge in [0.1, 0.15) is 5.82 Å². The largest absolute Gasteiger partial charge is 0.481 e. The highest BCUT2D eigenvalue weighted by Gasteiger charge is 2.39. The van der Waals surface area contributed by atoms with Crippen LogP contribution in [0.25, 0.3) is 11.0 Å². The van der Waals surface area contributed by atoms with Gasteiger partial charge in [-0.05, 0) is 37.7 Å². The van der Waals surface area contributed by atoms with E-state index in [-0.39, 0.29) is 5.91 Å². The number of pyridine rings is 2. The Bertz CT molecular complexity index is 1150. The zero-order valence-electron chi connectivity index (χ0n) is 19.1. The van der Waals surface area contributed by atoms with Crippen LogP contribution in [0.5, 0.6) is 5.88 Å². The van der Waals surface area contributed by atoms with Gasteiger partial charge in [0.15, 0.2) is 11.9 Å². The number of hydrogen-bond donors (Lipinski definition) is 0. The van der Waals surface area contributed by atoms with Gasteiger partial charge in [-0.1, -0.05) is 18.2 Å². The first-order valence-corrected chi connectivity index (χ1v) is 11.4. The van der Waals surface area contributed by atoms with Gasteiger partial charge in [0.05, 0.1) is 13.7 Å². The third-order valence-electron chi connectivity index (χ3n) is 6.37. The Balaban J connectivity index is 1.35. The van der Waals surface area contributed by atoms with Gasteiger partial charge in [-0.2, -0.15) is 4.98 Å². The Hall–Kier alpha value is -3.07. The van der Waals surface area contributed by atoms with Crippen LogP contribution in [0.3, 0.4) is 0 Å². The second kappa shape index (κ2) is 9.43. The lowest BCUT2D eigenvalue weighted by molar-refractivity contribution is 0.0435. The summed E-state index contributed by atoms with van der Waals surface area (Å²) in [5.41, 5.74) is 2.06. The molecule has 1 saturated heterocycles. The number of benzene rings is 1. The molecule has 1 amide bonds. The van der Waals surface area contributed by atoms with E-state index < -0.39 is 6.23 Å². The number of carbonyl (C=O) groups excluding carboxylic acids is 1. The van der Waals surface area contributed by atoms with E-state index in [4.69, 9.17) is 9.47 Å². The van der Waals surface area contributed by atoms with Crippen LogP contribution < -0.4 is 9.64 Å². The van der Waals surface area contributed by atoms with E-state index in [0.29, 0.717) is 29.5 Å². The molecule has 1 fully saturated rings. The normalized spacial score (nSPS) is 19.3. The SMILES string of the molecule is COc1ccc2ccc(N3C(=O)c4ccccc4C3OCCCN3CCN(C)CC3)nc2n1. The number of rotatable bonds is 7. The number of likely N-dealkylation sites (N-methyl/N-ethyl adjacent to an activating group) is 1. The molecule has 1 unspecified atom stereocenters. The highest BCUT2D eigenvalue weighted by Crippen LogP contribution is 2.38. The van der Waals surface area contributed by atoms with Crippen molar-refractivity contribution in [3.63, 3.8) is 0 Å². The maximum absolute atomic E-state index is 13.3. The monoisotopic (exact) mass is 447 g/mol. The third kappa shape index (κ3) is 4.42. The molecule has 3 aromatic rings. The van der Waals surface area contributed by atoms with Crippen LogP contribution in [-0.2, 0) is 4.74 Å². The van der Waals surface area contributed by atoms with Crippen molar-refractivity contribution in [1.82, 2.24) is 19.8 Å². The molecular weight excluding hydrogens is 418 g/mol. The Labute approximate surface area is 193 Å². The molecule has 0 radical (unpaired) electrons. The predicted molar refractivity (Wildman–Crippen MR) is 127 cm³/mol. The lowest BCUT2D eigenvalue weighted by atomic mass is 10.1. The lowest BCUT2D eigenvalue weighted by Gasteiger charge is -2.32. The fourth-order valence-corrected chi connectivity index (χ4v) is 4.44. The van der Waals surface area contributed by atoms with Crippen LogP contribution in [0.15, 0.2) is 48.5 Å². The first kappa shape index (κ1) is 21.8. The standard InChI is InChI=1S/C25H29N5O3/c1-28-13-15-29(16-14-28)12-5-17-33-25-20-7-4-3-6-19(20)24(31)30(25)21-10-8-18-9-11-22(32-2)27-23(18)26-21/h3-4,6-11,25H,5,12-17H2,1-2H3. The average molecular weight is 448 g/mol. The van der Waals surface area contributed by atoms with Crippen LogP contribution in [0, 0.1) is 0 Å². The Kier molecular flexibility index (Phi) is 6.22. The van der Waals surface area contributed by atoms with Crippen molar-refractivity contribution in [1.29, 1.82) is 0 Å². The number of nitrogens with zero attached hydrogens (tertiary/aromatic N) is 5. The van der Waals surface area contributed by atoms with E-state index in [1.165, 1.54) is 0 Å². The molecular formula is C25H29N5O3. The van der Waals surface area contributed by atoms with E-state index in [1.54, 1.807) is 18.1 Å². The maximum Gasteiger partial charge on any atom is 0.262 e. The summed E-state index contributed by atoms with van der Waals surface area (Å²) >= 11 is 0. The lowest BCUT2D eigenvalue weighted by Crippen LogP contribution is -2.44. The number of fused-ring (bicyclic) bond motifs is 2. The van der Waals surface area contributed by atoms with Crippen molar-refractivity contribution in [2.45, 2.75) is 12.6 Å². The molecule has 0 bridgehead atoms.